The van der Waals surface area contributed by atoms with Crippen molar-refractivity contribution in [2.24, 2.45) is 5.92 Å². The summed E-state index contributed by atoms with van der Waals surface area (Å²) >= 11 is 0. The predicted octanol–water partition coefficient (Wildman–Crippen LogP) is 4.70. The third-order valence-electron chi connectivity index (χ3n) is 7.16. The molecule has 7 heteroatoms. The van der Waals surface area contributed by atoms with Crippen LogP contribution in [0, 0.1) is 17.6 Å². The quantitative estimate of drug-likeness (QED) is 0.627. The van der Waals surface area contributed by atoms with Crippen LogP contribution in [-0.4, -0.2) is 52.8 Å². The van der Waals surface area contributed by atoms with Crippen LogP contribution in [0.4, 0.5) is 8.78 Å². The lowest BCUT2D eigenvalue weighted by atomic mass is 9.88. The van der Waals surface area contributed by atoms with Gasteiger partial charge in [-0.05, 0) is 55.4 Å². The Labute approximate surface area is 191 Å². The number of rotatable bonds is 3. The lowest BCUT2D eigenvalue weighted by Gasteiger charge is -2.37. The first-order valence-corrected chi connectivity index (χ1v) is 11.6. The van der Waals surface area contributed by atoms with Crippen LogP contribution in [0.25, 0.3) is 10.9 Å². The Kier molecular flexibility index (Phi) is 5.87. The van der Waals surface area contributed by atoms with Gasteiger partial charge in [-0.2, -0.15) is 0 Å². The highest BCUT2D eigenvalue weighted by molar-refractivity contribution is 5.94. The average Bonchev–Trinajstić information content (AvgIpc) is 3.28. The summed E-state index contributed by atoms with van der Waals surface area (Å²) in [5.41, 5.74) is 2.35. The lowest BCUT2D eigenvalue weighted by molar-refractivity contribution is -0.138. The number of halogens is 2. The molecule has 2 aliphatic rings. The molecule has 0 spiro atoms. The van der Waals surface area contributed by atoms with Crippen LogP contribution in [0.5, 0.6) is 0 Å². The molecule has 1 N–H and O–H groups in total. The normalized spacial score (nSPS) is 18.1. The van der Waals surface area contributed by atoms with Gasteiger partial charge in [0, 0.05) is 55.3 Å². The molecule has 2 fully saturated rings. The van der Waals surface area contributed by atoms with Crippen molar-refractivity contribution in [1.29, 1.82) is 0 Å². The van der Waals surface area contributed by atoms with Crippen molar-refractivity contribution < 1.29 is 18.4 Å². The van der Waals surface area contributed by atoms with Crippen molar-refractivity contribution >= 4 is 22.7 Å². The number of H-pyrrole nitrogens is 1. The summed E-state index contributed by atoms with van der Waals surface area (Å²) in [4.78, 5) is 32.6. The van der Waals surface area contributed by atoms with Crippen LogP contribution in [-0.2, 0) is 4.79 Å². The maximum absolute atomic E-state index is 14.0. The Bertz CT molecular complexity index is 1180. The smallest absolute Gasteiger partial charge is 0.256 e. The summed E-state index contributed by atoms with van der Waals surface area (Å²) < 4.78 is 27.1. The van der Waals surface area contributed by atoms with Crippen LogP contribution < -0.4 is 0 Å². The van der Waals surface area contributed by atoms with E-state index in [1.807, 2.05) is 11.0 Å². The van der Waals surface area contributed by atoms with Crippen LogP contribution in [0.1, 0.15) is 47.5 Å². The number of benzene rings is 2. The number of hydrogen-bond acceptors (Lipinski definition) is 2. The summed E-state index contributed by atoms with van der Waals surface area (Å²) in [6.07, 6.45) is 5.11. The molecule has 0 atom stereocenters. The number of carbonyl (C=O) groups is 2. The molecular weight excluding hydrogens is 424 g/mol. The molecule has 1 aromatic heterocycles. The highest BCUT2D eigenvalue weighted by Crippen LogP contribution is 2.34. The van der Waals surface area contributed by atoms with Gasteiger partial charge in [0.25, 0.3) is 5.91 Å². The zero-order valence-electron chi connectivity index (χ0n) is 18.4. The van der Waals surface area contributed by atoms with Gasteiger partial charge in [-0.15, -0.1) is 0 Å². The average molecular weight is 452 g/mol. The molecule has 0 unspecified atom stereocenters. The number of nitrogens with zero attached hydrogens (tertiary/aromatic N) is 2. The minimum Gasteiger partial charge on any atom is -0.361 e. The molecule has 0 saturated carbocycles. The predicted molar refractivity (Wildman–Crippen MR) is 122 cm³/mol. The SMILES string of the molecule is O=C(c1ccc(F)cc1F)N1CCC(C(=O)N2CCC(c3c[nH]c4ccccc34)CC2)CC1. The van der Waals surface area contributed by atoms with E-state index in [0.717, 1.165) is 43.6 Å². The molecule has 0 bridgehead atoms. The van der Waals surface area contributed by atoms with Gasteiger partial charge in [-0.25, -0.2) is 8.78 Å². The molecule has 3 heterocycles. The number of aromatic amines is 1. The topological polar surface area (TPSA) is 56.4 Å². The number of para-hydroxylation sites is 1. The van der Waals surface area contributed by atoms with Crippen molar-refractivity contribution in [3.8, 4) is 0 Å². The summed E-state index contributed by atoms with van der Waals surface area (Å²) in [6, 6.07) is 11.3. The number of carbonyl (C=O) groups excluding carboxylic acids is 2. The van der Waals surface area contributed by atoms with E-state index >= 15 is 0 Å². The second kappa shape index (κ2) is 8.96. The Balaban J connectivity index is 1.15. The molecular formula is C26H27F2N3O2. The fourth-order valence-corrected chi connectivity index (χ4v) is 5.26. The van der Waals surface area contributed by atoms with Crippen LogP contribution in [0.3, 0.4) is 0 Å². The first kappa shape index (κ1) is 21.6. The minimum atomic E-state index is -0.851. The molecule has 2 saturated heterocycles. The van der Waals surface area contributed by atoms with E-state index in [9.17, 15) is 18.4 Å². The first-order chi connectivity index (χ1) is 16.0. The van der Waals surface area contributed by atoms with Gasteiger partial charge in [0.2, 0.25) is 5.91 Å². The van der Waals surface area contributed by atoms with Crippen LogP contribution in [0.2, 0.25) is 0 Å². The molecule has 5 nitrogen and oxygen atoms in total. The molecule has 2 aromatic carbocycles. The molecule has 2 aliphatic heterocycles. The highest BCUT2D eigenvalue weighted by atomic mass is 19.1. The van der Waals surface area contributed by atoms with Crippen LogP contribution >= 0.6 is 0 Å². The van der Waals surface area contributed by atoms with Gasteiger partial charge >= 0.3 is 0 Å². The van der Waals surface area contributed by atoms with E-state index in [2.05, 4.69) is 29.4 Å². The summed E-state index contributed by atoms with van der Waals surface area (Å²) in [5.74, 6) is -1.52. The number of hydrogen-bond donors (Lipinski definition) is 1. The van der Waals surface area contributed by atoms with E-state index in [1.54, 1.807) is 4.90 Å². The zero-order chi connectivity index (χ0) is 22.9. The second-order valence-corrected chi connectivity index (χ2v) is 9.08. The number of amides is 2. The number of aromatic nitrogens is 1. The number of likely N-dealkylation sites (tertiary alicyclic amines) is 2. The Morgan fingerprint density at radius 1 is 0.879 bits per heavy atom. The Morgan fingerprint density at radius 2 is 1.58 bits per heavy atom. The van der Waals surface area contributed by atoms with Crippen molar-refractivity contribution in [2.75, 3.05) is 26.2 Å². The van der Waals surface area contributed by atoms with Crippen molar-refractivity contribution in [3.63, 3.8) is 0 Å². The molecule has 0 aliphatic carbocycles. The summed E-state index contributed by atoms with van der Waals surface area (Å²) in [6.45, 7) is 2.28. The van der Waals surface area contributed by atoms with Crippen LogP contribution in [0.15, 0.2) is 48.7 Å². The van der Waals surface area contributed by atoms with Crippen molar-refractivity contribution in [2.45, 2.75) is 31.6 Å². The fraction of sp³-hybridized carbons (Fsp3) is 0.385. The van der Waals surface area contributed by atoms with Crippen molar-refractivity contribution in [1.82, 2.24) is 14.8 Å². The largest absolute Gasteiger partial charge is 0.361 e. The van der Waals surface area contributed by atoms with Gasteiger partial charge < -0.3 is 14.8 Å². The number of piperidine rings is 2. The van der Waals surface area contributed by atoms with Gasteiger partial charge in [-0.3, -0.25) is 9.59 Å². The zero-order valence-corrected chi connectivity index (χ0v) is 18.4. The van der Waals surface area contributed by atoms with Crippen molar-refractivity contribution in [3.05, 3.63) is 71.4 Å². The van der Waals surface area contributed by atoms with Gasteiger partial charge in [0.15, 0.2) is 0 Å². The monoisotopic (exact) mass is 451 g/mol. The minimum absolute atomic E-state index is 0.114. The maximum atomic E-state index is 14.0. The summed E-state index contributed by atoms with van der Waals surface area (Å²) in [7, 11) is 0. The Morgan fingerprint density at radius 3 is 2.30 bits per heavy atom. The van der Waals surface area contributed by atoms with E-state index in [1.165, 1.54) is 17.0 Å². The Hall–Kier alpha value is -3.22. The van der Waals surface area contributed by atoms with E-state index < -0.39 is 17.5 Å². The summed E-state index contributed by atoms with van der Waals surface area (Å²) in [5, 5.41) is 1.26. The third-order valence-corrected chi connectivity index (χ3v) is 7.16. The molecule has 172 valence electrons. The van der Waals surface area contributed by atoms with E-state index in [-0.39, 0.29) is 17.4 Å². The molecule has 33 heavy (non-hydrogen) atoms. The molecule has 0 radical (unpaired) electrons. The standard InChI is InChI=1S/C26H27F2N3O2/c27-19-5-6-21(23(28)15-19)26(33)31-13-9-18(10-14-31)25(32)30-11-7-17(8-12-30)22-16-29-24-4-2-1-3-20(22)24/h1-6,15-18,29H,7-14H2. The second-order valence-electron chi connectivity index (χ2n) is 9.08. The highest BCUT2D eigenvalue weighted by Gasteiger charge is 2.33. The first-order valence-electron chi connectivity index (χ1n) is 11.6. The molecule has 2 amide bonds. The number of fused-ring (bicyclic) bond motifs is 1. The lowest BCUT2D eigenvalue weighted by Crippen LogP contribution is -2.46. The third kappa shape index (κ3) is 4.24. The fourth-order valence-electron chi connectivity index (χ4n) is 5.26. The van der Waals surface area contributed by atoms with E-state index in [0.29, 0.717) is 31.8 Å². The van der Waals surface area contributed by atoms with Gasteiger partial charge in [0.1, 0.15) is 11.6 Å². The van der Waals surface area contributed by atoms with Gasteiger partial charge in [0.05, 0.1) is 5.56 Å². The molecule has 3 aromatic rings. The molecule has 5 rings (SSSR count). The van der Waals surface area contributed by atoms with Gasteiger partial charge in [-0.1, -0.05) is 18.2 Å². The van der Waals surface area contributed by atoms with E-state index in [4.69, 9.17) is 0 Å². The maximum Gasteiger partial charge on any atom is 0.256 e. The number of nitrogens with one attached hydrogen (secondary N) is 1.